The first-order chi connectivity index (χ1) is 6.34. The number of hydrazine groups is 1. The number of rotatable bonds is 2. The van der Waals surface area contributed by atoms with Gasteiger partial charge in [-0.1, -0.05) is 11.6 Å². The highest BCUT2D eigenvalue weighted by molar-refractivity contribution is 5.03. The molecule has 2 heterocycles. The minimum atomic E-state index is 0.520. The molecular formula is C10H19N3. The third-order valence-electron chi connectivity index (χ3n) is 2.83. The molecule has 13 heavy (non-hydrogen) atoms. The quantitative estimate of drug-likeness (QED) is 0.619. The molecule has 2 N–H and O–H groups in total. The highest BCUT2D eigenvalue weighted by Gasteiger charge is 2.17. The van der Waals surface area contributed by atoms with Crippen molar-refractivity contribution in [2.24, 2.45) is 0 Å². The SMILES string of the molecule is CC1=CCN(N[C@@H]2CCCN2)CC1. The predicted octanol–water partition coefficient (Wildman–Crippen LogP) is 0.852. The molecule has 0 unspecified atom stereocenters. The third kappa shape index (κ3) is 2.53. The van der Waals surface area contributed by atoms with E-state index in [2.05, 4.69) is 28.8 Å². The van der Waals surface area contributed by atoms with E-state index in [1.54, 1.807) is 0 Å². The summed E-state index contributed by atoms with van der Waals surface area (Å²) in [5, 5.41) is 5.76. The van der Waals surface area contributed by atoms with E-state index in [1.807, 2.05) is 0 Å². The molecule has 1 saturated heterocycles. The Morgan fingerprint density at radius 1 is 1.62 bits per heavy atom. The highest BCUT2D eigenvalue weighted by Crippen LogP contribution is 2.09. The molecule has 0 amide bonds. The largest absolute Gasteiger partial charge is 0.301 e. The van der Waals surface area contributed by atoms with Crippen LogP contribution in [0, 0.1) is 0 Å². The van der Waals surface area contributed by atoms with Gasteiger partial charge in [0.2, 0.25) is 0 Å². The predicted molar refractivity (Wildman–Crippen MR) is 54.1 cm³/mol. The summed E-state index contributed by atoms with van der Waals surface area (Å²) in [6.45, 7) is 5.59. The summed E-state index contributed by atoms with van der Waals surface area (Å²) < 4.78 is 0. The molecule has 1 fully saturated rings. The van der Waals surface area contributed by atoms with Crippen LogP contribution in [0.25, 0.3) is 0 Å². The number of hydrogen-bond donors (Lipinski definition) is 2. The molecule has 0 bridgehead atoms. The molecule has 2 aliphatic heterocycles. The Bertz CT molecular complexity index is 194. The van der Waals surface area contributed by atoms with Crippen molar-refractivity contribution in [1.29, 1.82) is 0 Å². The summed E-state index contributed by atoms with van der Waals surface area (Å²) in [6, 6.07) is 0. The van der Waals surface area contributed by atoms with E-state index in [0.717, 1.165) is 13.1 Å². The zero-order chi connectivity index (χ0) is 9.10. The number of nitrogens with zero attached hydrogens (tertiary/aromatic N) is 1. The molecule has 1 atom stereocenters. The van der Waals surface area contributed by atoms with Gasteiger partial charge in [-0.3, -0.25) is 0 Å². The molecule has 3 heteroatoms. The van der Waals surface area contributed by atoms with Crippen molar-refractivity contribution in [3.8, 4) is 0 Å². The molecule has 0 saturated carbocycles. The zero-order valence-electron chi connectivity index (χ0n) is 8.34. The fraction of sp³-hybridized carbons (Fsp3) is 0.800. The van der Waals surface area contributed by atoms with E-state index >= 15 is 0 Å². The van der Waals surface area contributed by atoms with Crippen LogP contribution in [0.4, 0.5) is 0 Å². The lowest BCUT2D eigenvalue weighted by atomic mass is 10.1. The first-order valence-electron chi connectivity index (χ1n) is 5.25. The van der Waals surface area contributed by atoms with Crippen molar-refractivity contribution in [1.82, 2.24) is 15.8 Å². The second kappa shape index (κ2) is 4.22. The first kappa shape index (κ1) is 9.19. The van der Waals surface area contributed by atoms with Crippen LogP contribution in [0.15, 0.2) is 11.6 Å². The lowest BCUT2D eigenvalue weighted by Gasteiger charge is -2.29. The average Bonchev–Trinajstić information content (AvgIpc) is 2.62. The molecule has 74 valence electrons. The monoisotopic (exact) mass is 181 g/mol. The summed E-state index contributed by atoms with van der Waals surface area (Å²) in [5.74, 6) is 0. The second-order valence-electron chi connectivity index (χ2n) is 4.02. The van der Waals surface area contributed by atoms with E-state index in [9.17, 15) is 0 Å². The van der Waals surface area contributed by atoms with Gasteiger partial charge in [-0.25, -0.2) is 10.4 Å². The van der Waals surface area contributed by atoms with E-state index in [4.69, 9.17) is 0 Å². The Kier molecular flexibility index (Phi) is 2.98. The van der Waals surface area contributed by atoms with Crippen LogP contribution in [-0.4, -0.2) is 30.8 Å². The fourth-order valence-electron chi connectivity index (χ4n) is 1.90. The van der Waals surface area contributed by atoms with Crippen LogP contribution < -0.4 is 10.7 Å². The summed E-state index contributed by atoms with van der Waals surface area (Å²) in [5.41, 5.74) is 5.04. The van der Waals surface area contributed by atoms with Crippen molar-refractivity contribution in [3.63, 3.8) is 0 Å². The lowest BCUT2D eigenvalue weighted by Crippen LogP contribution is -2.50. The topological polar surface area (TPSA) is 27.3 Å². The first-order valence-corrected chi connectivity index (χ1v) is 5.25. The summed E-state index contributed by atoms with van der Waals surface area (Å²) in [4.78, 5) is 0. The zero-order valence-corrected chi connectivity index (χ0v) is 8.34. The van der Waals surface area contributed by atoms with Gasteiger partial charge in [0.1, 0.15) is 0 Å². The smallest absolute Gasteiger partial charge is 0.0707 e. The molecule has 0 aliphatic carbocycles. The van der Waals surface area contributed by atoms with Crippen LogP contribution >= 0.6 is 0 Å². The molecule has 3 nitrogen and oxygen atoms in total. The Balaban J connectivity index is 1.76. The maximum atomic E-state index is 3.52. The normalized spacial score (nSPS) is 30.5. The fourth-order valence-corrected chi connectivity index (χ4v) is 1.90. The van der Waals surface area contributed by atoms with Gasteiger partial charge in [0.15, 0.2) is 0 Å². The molecule has 0 aromatic heterocycles. The van der Waals surface area contributed by atoms with E-state index in [0.29, 0.717) is 6.17 Å². The Hall–Kier alpha value is -0.380. The van der Waals surface area contributed by atoms with E-state index in [1.165, 1.54) is 31.4 Å². The Morgan fingerprint density at radius 2 is 2.54 bits per heavy atom. The van der Waals surface area contributed by atoms with Crippen LogP contribution in [0.5, 0.6) is 0 Å². The average molecular weight is 181 g/mol. The summed E-state index contributed by atoms with van der Waals surface area (Å²) in [6.07, 6.45) is 6.61. The molecule has 0 spiro atoms. The van der Waals surface area contributed by atoms with Crippen molar-refractivity contribution in [3.05, 3.63) is 11.6 Å². The maximum absolute atomic E-state index is 3.52. The number of nitrogens with one attached hydrogen (secondary N) is 2. The van der Waals surface area contributed by atoms with E-state index < -0.39 is 0 Å². The van der Waals surface area contributed by atoms with Gasteiger partial charge in [0.25, 0.3) is 0 Å². The van der Waals surface area contributed by atoms with Gasteiger partial charge in [-0.15, -0.1) is 0 Å². The van der Waals surface area contributed by atoms with Gasteiger partial charge in [0, 0.05) is 13.1 Å². The minimum absolute atomic E-state index is 0.520. The lowest BCUT2D eigenvalue weighted by molar-refractivity contribution is 0.162. The summed E-state index contributed by atoms with van der Waals surface area (Å²) in [7, 11) is 0. The highest BCUT2D eigenvalue weighted by atomic mass is 15.5. The molecule has 0 aromatic carbocycles. The van der Waals surface area contributed by atoms with Gasteiger partial charge < -0.3 is 5.32 Å². The second-order valence-corrected chi connectivity index (χ2v) is 4.02. The molecule has 2 rings (SSSR count). The third-order valence-corrected chi connectivity index (χ3v) is 2.83. The Morgan fingerprint density at radius 3 is 3.15 bits per heavy atom. The van der Waals surface area contributed by atoms with Crippen molar-refractivity contribution in [2.45, 2.75) is 32.4 Å². The molecular weight excluding hydrogens is 162 g/mol. The van der Waals surface area contributed by atoms with Crippen molar-refractivity contribution < 1.29 is 0 Å². The molecule has 2 aliphatic rings. The van der Waals surface area contributed by atoms with Crippen LogP contribution in [0.3, 0.4) is 0 Å². The standard InChI is InChI=1S/C10H19N3/c1-9-4-7-13(8-5-9)12-10-3-2-6-11-10/h4,10-12H,2-3,5-8H2,1H3/t10-/m1/s1. The van der Waals surface area contributed by atoms with Gasteiger partial charge in [-0.05, 0) is 32.7 Å². The Labute approximate surface area is 80.2 Å². The van der Waals surface area contributed by atoms with Crippen molar-refractivity contribution >= 4 is 0 Å². The van der Waals surface area contributed by atoms with Crippen LogP contribution in [0.2, 0.25) is 0 Å². The van der Waals surface area contributed by atoms with Crippen LogP contribution in [0.1, 0.15) is 26.2 Å². The van der Waals surface area contributed by atoms with Gasteiger partial charge in [0.05, 0.1) is 6.17 Å². The van der Waals surface area contributed by atoms with Crippen molar-refractivity contribution in [2.75, 3.05) is 19.6 Å². The number of hydrogen-bond acceptors (Lipinski definition) is 3. The maximum Gasteiger partial charge on any atom is 0.0707 e. The summed E-state index contributed by atoms with van der Waals surface area (Å²) >= 11 is 0. The molecule has 0 aromatic rings. The molecule has 0 radical (unpaired) electrons. The van der Waals surface area contributed by atoms with Crippen LogP contribution in [-0.2, 0) is 0 Å². The van der Waals surface area contributed by atoms with Gasteiger partial charge >= 0.3 is 0 Å². The minimum Gasteiger partial charge on any atom is -0.301 e. The van der Waals surface area contributed by atoms with Gasteiger partial charge in [-0.2, -0.15) is 0 Å². The van der Waals surface area contributed by atoms with E-state index in [-0.39, 0.29) is 0 Å².